The number of rotatable bonds is 3. The van der Waals surface area contributed by atoms with Crippen LogP contribution in [0.15, 0.2) is 0 Å². The zero-order valence-electron chi connectivity index (χ0n) is 11.4. The quantitative estimate of drug-likeness (QED) is 0.845. The van der Waals surface area contributed by atoms with Gasteiger partial charge < -0.3 is 10.1 Å². The van der Waals surface area contributed by atoms with Crippen LogP contribution in [0.2, 0.25) is 0 Å². The van der Waals surface area contributed by atoms with E-state index in [1.54, 1.807) is 0 Å². The van der Waals surface area contributed by atoms with Crippen molar-refractivity contribution >= 4 is 9.84 Å². The van der Waals surface area contributed by atoms with Gasteiger partial charge in [-0.1, -0.05) is 13.8 Å². The number of nitrogens with one attached hydrogen (secondary N) is 1. The first-order valence-electron chi connectivity index (χ1n) is 7.11. The minimum absolute atomic E-state index is 0.0932. The number of hydrogen-bond donors (Lipinski definition) is 1. The molecule has 0 spiro atoms. The Kier molecular flexibility index (Phi) is 4.34. The zero-order chi connectivity index (χ0) is 13.2. The van der Waals surface area contributed by atoms with Crippen LogP contribution in [0.5, 0.6) is 0 Å². The average molecular weight is 275 g/mol. The van der Waals surface area contributed by atoms with Crippen molar-refractivity contribution in [3.05, 3.63) is 0 Å². The van der Waals surface area contributed by atoms with E-state index in [4.69, 9.17) is 4.74 Å². The van der Waals surface area contributed by atoms with Crippen LogP contribution < -0.4 is 5.32 Å². The first kappa shape index (κ1) is 14.3. The first-order chi connectivity index (χ1) is 8.53. The molecule has 0 amide bonds. The maximum atomic E-state index is 11.5. The number of ether oxygens (including phenoxy) is 1. The van der Waals surface area contributed by atoms with E-state index < -0.39 is 9.84 Å². The largest absolute Gasteiger partial charge is 0.372 e. The number of hydrogen-bond acceptors (Lipinski definition) is 4. The third-order valence-electron chi connectivity index (χ3n) is 4.69. The molecule has 0 bridgehead atoms. The summed E-state index contributed by atoms with van der Waals surface area (Å²) in [7, 11) is -2.77. The van der Waals surface area contributed by atoms with Crippen molar-refractivity contribution in [2.75, 3.05) is 24.7 Å². The highest BCUT2D eigenvalue weighted by molar-refractivity contribution is 7.91. The van der Waals surface area contributed by atoms with E-state index in [9.17, 15) is 8.42 Å². The van der Waals surface area contributed by atoms with E-state index in [1.807, 2.05) is 0 Å². The van der Waals surface area contributed by atoms with E-state index in [2.05, 4.69) is 19.2 Å². The molecule has 5 heteroatoms. The van der Waals surface area contributed by atoms with E-state index in [0.717, 1.165) is 38.8 Å². The van der Waals surface area contributed by atoms with Crippen molar-refractivity contribution in [2.24, 2.45) is 5.92 Å². The minimum atomic E-state index is -2.77. The van der Waals surface area contributed by atoms with Crippen LogP contribution in [-0.4, -0.2) is 44.7 Å². The fraction of sp³-hybridized carbons (Fsp3) is 1.00. The summed E-state index contributed by atoms with van der Waals surface area (Å²) in [5.41, 5.74) is -0.0932. The fourth-order valence-electron chi connectivity index (χ4n) is 3.48. The van der Waals surface area contributed by atoms with Crippen LogP contribution in [0, 0.1) is 5.92 Å². The predicted octanol–water partition coefficient (Wildman–Crippen LogP) is 1.36. The molecule has 2 aliphatic heterocycles. The van der Waals surface area contributed by atoms with Gasteiger partial charge in [-0.2, -0.15) is 0 Å². The third kappa shape index (κ3) is 2.73. The summed E-state index contributed by atoms with van der Waals surface area (Å²) >= 11 is 0. The lowest BCUT2D eigenvalue weighted by molar-refractivity contribution is -0.116. The Balaban J connectivity index is 2.10. The molecule has 18 heavy (non-hydrogen) atoms. The molecule has 0 aromatic rings. The van der Waals surface area contributed by atoms with Gasteiger partial charge >= 0.3 is 0 Å². The molecule has 0 aromatic carbocycles. The van der Waals surface area contributed by atoms with Crippen LogP contribution in [0.4, 0.5) is 0 Å². The maximum Gasteiger partial charge on any atom is 0.150 e. The van der Waals surface area contributed by atoms with Crippen LogP contribution in [0.25, 0.3) is 0 Å². The molecule has 0 saturated carbocycles. The van der Waals surface area contributed by atoms with E-state index in [1.165, 1.54) is 0 Å². The van der Waals surface area contributed by atoms with Gasteiger partial charge in [0.05, 0.1) is 23.7 Å². The summed E-state index contributed by atoms with van der Waals surface area (Å²) in [4.78, 5) is 0. The first-order valence-corrected chi connectivity index (χ1v) is 8.93. The van der Waals surface area contributed by atoms with E-state index >= 15 is 0 Å². The van der Waals surface area contributed by atoms with Crippen molar-refractivity contribution in [1.29, 1.82) is 0 Å². The summed E-state index contributed by atoms with van der Waals surface area (Å²) in [5.74, 6) is 1.13. The zero-order valence-corrected chi connectivity index (χ0v) is 12.3. The Labute approximate surface area is 110 Å². The fourth-order valence-corrected chi connectivity index (χ4v) is 5.00. The molecule has 1 atom stereocenters. The standard InChI is InChI=1S/C13H25NO3S/c1-3-13(4-2)12(14-7-8-17-13)11-5-9-18(15,16)10-6-11/h11-12,14H,3-10H2,1-2H3. The molecule has 0 radical (unpaired) electrons. The molecule has 0 aliphatic carbocycles. The van der Waals surface area contributed by atoms with Gasteiger partial charge in [-0.25, -0.2) is 8.42 Å². The van der Waals surface area contributed by atoms with Gasteiger partial charge in [-0.05, 0) is 31.6 Å². The topological polar surface area (TPSA) is 55.4 Å². The highest BCUT2D eigenvalue weighted by Crippen LogP contribution is 2.35. The second kappa shape index (κ2) is 5.47. The molecule has 0 aromatic heterocycles. The summed E-state index contributed by atoms with van der Waals surface area (Å²) in [6.07, 6.45) is 3.55. The van der Waals surface area contributed by atoms with Crippen molar-refractivity contribution in [2.45, 2.75) is 51.2 Å². The lowest BCUT2D eigenvalue weighted by Gasteiger charge is -2.48. The molecule has 2 fully saturated rings. The SMILES string of the molecule is CCC1(CC)OCCNC1C1CCS(=O)(=O)CC1. The molecule has 1 N–H and O–H groups in total. The molecule has 2 aliphatic rings. The molecular formula is C13H25NO3S. The average Bonchev–Trinajstić information content (AvgIpc) is 2.39. The molecule has 1 unspecified atom stereocenters. The molecule has 2 rings (SSSR count). The van der Waals surface area contributed by atoms with Gasteiger partial charge in [0.15, 0.2) is 0 Å². The lowest BCUT2D eigenvalue weighted by Crippen LogP contribution is -2.61. The van der Waals surface area contributed by atoms with Crippen LogP contribution in [0.3, 0.4) is 0 Å². The Morgan fingerprint density at radius 2 is 1.83 bits per heavy atom. The smallest absolute Gasteiger partial charge is 0.150 e. The van der Waals surface area contributed by atoms with Gasteiger partial charge in [-0.3, -0.25) is 0 Å². The maximum absolute atomic E-state index is 11.5. The van der Waals surface area contributed by atoms with Gasteiger partial charge in [0.25, 0.3) is 0 Å². The number of morpholine rings is 1. The summed E-state index contributed by atoms with van der Waals surface area (Å²) in [5, 5.41) is 3.59. The highest BCUT2D eigenvalue weighted by Gasteiger charge is 2.44. The van der Waals surface area contributed by atoms with Gasteiger partial charge in [0, 0.05) is 12.6 Å². The Morgan fingerprint density at radius 1 is 1.22 bits per heavy atom. The molecule has 2 saturated heterocycles. The van der Waals surface area contributed by atoms with E-state index in [0.29, 0.717) is 23.5 Å². The summed E-state index contributed by atoms with van der Waals surface area (Å²) in [6.45, 7) is 5.99. The van der Waals surface area contributed by atoms with Crippen LogP contribution in [0.1, 0.15) is 39.5 Å². The van der Waals surface area contributed by atoms with E-state index in [-0.39, 0.29) is 5.60 Å². The second-order valence-corrected chi connectivity index (χ2v) is 7.85. The predicted molar refractivity (Wildman–Crippen MR) is 72.4 cm³/mol. The Morgan fingerprint density at radius 3 is 2.39 bits per heavy atom. The van der Waals surface area contributed by atoms with Crippen LogP contribution >= 0.6 is 0 Å². The van der Waals surface area contributed by atoms with Crippen molar-refractivity contribution < 1.29 is 13.2 Å². The van der Waals surface area contributed by atoms with Gasteiger partial charge in [-0.15, -0.1) is 0 Å². The monoisotopic (exact) mass is 275 g/mol. The third-order valence-corrected chi connectivity index (χ3v) is 6.41. The van der Waals surface area contributed by atoms with Crippen molar-refractivity contribution in [3.8, 4) is 0 Å². The Bertz CT molecular complexity index is 362. The minimum Gasteiger partial charge on any atom is -0.372 e. The summed E-state index contributed by atoms with van der Waals surface area (Å²) in [6, 6.07) is 0.316. The molecule has 2 heterocycles. The van der Waals surface area contributed by atoms with Gasteiger partial charge in [0.1, 0.15) is 9.84 Å². The molecule has 4 nitrogen and oxygen atoms in total. The van der Waals surface area contributed by atoms with Crippen molar-refractivity contribution in [1.82, 2.24) is 5.32 Å². The van der Waals surface area contributed by atoms with Crippen molar-refractivity contribution in [3.63, 3.8) is 0 Å². The molecule has 106 valence electrons. The summed E-state index contributed by atoms with van der Waals surface area (Å²) < 4.78 is 29.1. The lowest BCUT2D eigenvalue weighted by atomic mass is 9.77. The second-order valence-electron chi connectivity index (χ2n) is 5.54. The molecular weight excluding hydrogens is 250 g/mol. The highest BCUT2D eigenvalue weighted by atomic mass is 32.2. The Hall–Kier alpha value is -0.130. The normalized spacial score (nSPS) is 32.2. The van der Waals surface area contributed by atoms with Crippen LogP contribution in [-0.2, 0) is 14.6 Å². The van der Waals surface area contributed by atoms with Gasteiger partial charge in [0.2, 0.25) is 0 Å². The number of sulfone groups is 1.